The van der Waals surface area contributed by atoms with Gasteiger partial charge in [-0.25, -0.2) is 19.0 Å². The minimum atomic E-state index is -0.646. The number of likely N-dealkylation sites (tertiary alicyclic amines) is 1. The quantitative estimate of drug-likeness (QED) is 0.275. The Hall–Kier alpha value is -3.86. The topological polar surface area (TPSA) is 97.3 Å². The van der Waals surface area contributed by atoms with E-state index in [9.17, 15) is 9.59 Å². The zero-order valence-electron chi connectivity index (χ0n) is 27.7. The lowest BCUT2D eigenvalue weighted by Crippen LogP contribution is -2.70. The number of amides is 2. The third kappa shape index (κ3) is 5.21. The van der Waals surface area contributed by atoms with Gasteiger partial charge in [-0.3, -0.25) is 4.90 Å². The van der Waals surface area contributed by atoms with Crippen LogP contribution in [-0.2, 0) is 16.1 Å². The summed E-state index contributed by atoms with van der Waals surface area (Å²) >= 11 is 6.40. The number of carbonyl (C=O) groups is 2. The molecule has 0 radical (unpaired) electrons. The Morgan fingerprint density at radius 2 is 1.85 bits per heavy atom. The highest BCUT2D eigenvalue weighted by Crippen LogP contribution is 2.51. The van der Waals surface area contributed by atoms with Crippen molar-refractivity contribution in [3.05, 3.63) is 58.1 Å². The Labute approximate surface area is 279 Å². The van der Waals surface area contributed by atoms with Crippen LogP contribution in [0, 0.1) is 12.7 Å². The molecule has 2 bridgehead atoms. The van der Waals surface area contributed by atoms with Crippen molar-refractivity contribution in [2.24, 2.45) is 0 Å². The fourth-order valence-electron chi connectivity index (χ4n) is 8.01. The third-order valence-corrected chi connectivity index (χ3v) is 10.5. The number of anilines is 1. The minimum absolute atomic E-state index is 0.130. The number of aromatic nitrogens is 2. The normalized spacial score (nSPS) is 25.2. The van der Waals surface area contributed by atoms with Gasteiger partial charge in [-0.1, -0.05) is 48.9 Å². The molecule has 0 spiro atoms. The maximum absolute atomic E-state index is 16.0. The van der Waals surface area contributed by atoms with Crippen LogP contribution in [-0.4, -0.2) is 80.9 Å². The van der Waals surface area contributed by atoms with Gasteiger partial charge in [0.15, 0.2) is 11.0 Å². The second-order valence-corrected chi connectivity index (χ2v) is 14.7. The van der Waals surface area contributed by atoms with E-state index in [1.165, 1.54) is 0 Å². The molecule has 3 fully saturated rings. The van der Waals surface area contributed by atoms with Crippen molar-refractivity contribution in [1.82, 2.24) is 19.8 Å². The molecular weight excluding hydrogens is 625 g/mol. The zero-order chi connectivity index (χ0) is 33.4. The molecule has 4 aliphatic heterocycles. The van der Waals surface area contributed by atoms with Crippen LogP contribution in [0.1, 0.15) is 76.6 Å². The van der Waals surface area contributed by atoms with Crippen molar-refractivity contribution in [2.45, 2.75) is 103 Å². The van der Waals surface area contributed by atoms with Gasteiger partial charge >= 0.3 is 12.2 Å². The van der Waals surface area contributed by atoms with Crippen LogP contribution in [0.4, 0.5) is 19.8 Å². The number of pyridine rings is 2. The zero-order valence-corrected chi connectivity index (χ0v) is 28.4. The lowest BCUT2D eigenvalue weighted by Gasteiger charge is -2.53. The number of aryl methyl sites for hydroxylation is 1. The van der Waals surface area contributed by atoms with Crippen LogP contribution < -0.4 is 9.64 Å². The van der Waals surface area contributed by atoms with Gasteiger partial charge in [-0.15, -0.1) is 0 Å². The van der Waals surface area contributed by atoms with Gasteiger partial charge < -0.3 is 24.0 Å². The average Bonchev–Trinajstić information content (AvgIpc) is 3.21. The SMILES string of the molecule is CC[C@@]12CC[C@@H]([C@H]3[C@H](C)Oc4nc(Cl)c(F)c5c(C)c(C6CN(C(=O)OCc7ccccc7)C6)nc(c45)N3C1)N2C(=O)OC(C)(C)C. The Morgan fingerprint density at radius 1 is 1.13 bits per heavy atom. The molecule has 0 aliphatic carbocycles. The molecule has 4 atom stereocenters. The lowest BCUT2D eigenvalue weighted by molar-refractivity contribution is -0.0216. The monoisotopic (exact) mass is 665 g/mol. The van der Waals surface area contributed by atoms with Crippen molar-refractivity contribution in [2.75, 3.05) is 24.5 Å². The fourth-order valence-corrected chi connectivity index (χ4v) is 8.18. The highest BCUT2D eigenvalue weighted by molar-refractivity contribution is 6.30. The smallest absolute Gasteiger partial charge is 0.411 e. The first-order chi connectivity index (χ1) is 22.3. The number of nitrogens with zero attached hydrogens (tertiary/aromatic N) is 5. The van der Waals surface area contributed by atoms with Gasteiger partial charge in [-0.05, 0) is 65.0 Å². The van der Waals surface area contributed by atoms with E-state index in [1.54, 1.807) is 4.90 Å². The first-order valence-electron chi connectivity index (χ1n) is 16.4. The predicted molar refractivity (Wildman–Crippen MR) is 176 cm³/mol. The van der Waals surface area contributed by atoms with E-state index in [1.807, 2.05) is 69.9 Å². The first-order valence-corrected chi connectivity index (χ1v) is 16.8. The summed E-state index contributed by atoms with van der Waals surface area (Å²) in [5, 5.41) is 0.537. The Bertz CT molecular complexity index is 1750. The summed E-state index contributed by atoms with van der Waals surface area (Å²) in [4.78, 5) is 42.0. The van der Waals surface area contributed by atoms with Gasteiger partial charge in [-0.2, -0.15) is 4.98 Å². The largest absolute Gasteiger partial charge is 0.472 e. The molecule has 3 saturated heterocycles. The molecule has 7 rings (SSSR count). The standard InChI is InChI=1S/C35H41ClFN5O5/c1-7-35-14-13-23(42(35)33(44)47-34(4,5)6)28-20(3)46-31-25-24(26(37)29(36)39-31)19(2)27(38-30(25)41(28)18-35)22-15-40(16-22)32(43)45-17-21-11-9-8-10-12-21/h8-12,20,22-23,28H,7,13-18H2,1-6H3/t20-,23-,28+,35+/m0/s1. The van der Waals surface area contributed by atoms with Crippen LogP contribution in [0.5, 0.6) is 5.88 Å². The van der Waals surface area contributed by atoms with E-state index < -0.39 is 29.2 Å². The predicted octanol–water partition coefficient (Wildman–Crippen LogP) is 6.98. The maximum atomic E-state index is 16.0. The third-order valence-electron chi connectivity index (χ3n) is 10.3. The molecule has 10 nitrogen and oxygen atoms in total. The van der Waals surface area contributed by atoms with Gasteiger partial charge in [0.25, 0.3) is 0 Å². The van der Waals surface area contributed by atoms with E-state index >= 15 is 4.39 Å². The molecule has 250 valence electrons. The number of piperazine rings is 1. The molecule has 1 aromatic carbocycles. The summed E-state index contributed by atoms with van der Waals surface area (Å²) in [5.74, 6) is 0.0540. The van der Waals surface area contributed by atoms with Crippen LogP contribution >= 0.6 is 11.6 Å². The summed E-state index contributed by atoms with van der Waals surface area (Å²) in [5.41, 5.74) is 1.11. The highest BCUT2D eigenvalue weighted by atomic mass is 35.5. The van der Waals surface area contributed by atoms with Crippen molar-refractivity contribution in [3.8, 4) is 5.88 Å². The van der Waals surface area contributed by atoms with Gasteiger partial charge in [0.1, 0.15) is 24.1 Å². The van der Waals surface area contributed by atoms with Crippen molar-refractivity contribution < 1.29 is 28.2 Å². The molecule has 0 unspecified atom stereocenters. The summed E-state index contributed by atoms with van der Waals surface area (Å²) in [6.45, 7) is 13.0. The molecular formula is C35H41ClFN5O5. The summed E-state index contributed by atoms with van der Waals surface area (Å²) in [7, 11) is 0. The molecule has 2 amide bonds. The maximum Gasteiger partial charge on any atom is 0.411 e. The number of rotatable bonds is 4. The number of fused-ring (bicyclic) bond motifs is 5. The number of benzene rings is 1. The van der Waals surface area contributed by atoms with E-state index in [0.29, 0.717) is 53.9 Å². The minimum Gasteiger partial charge on any atom is -0.472 e. The lowest BCUT2D eigenvalue weighted by atomic mass is 9.88. The van der Waals surface area contributed by atoms with Crippen LogP contribution in [0.25, 0.3) is 10.8 Å². The number of hydrogen-bond acceptors (Lipinski definition) is 8. The van der Waals surface area contributed by atoms with Crippen LogP contribution in [0.3, 0.4) is 0 Å². The summed E-state index contributed by atoms with van der Waals surface area (Å²) in [6.07, 6.45) is 1.13. The number of carbonyl (C=O) groups excluding carboxylic acids is 2. The van der Waals surface area contributed by atoms with E-state index in [0.717, 1.165) is 18.4 Å². The van der Waals surface area contributed by atoms with E-state index in [2.05, 4.69) is 16.8 Å². The summed E-state index contributed by atoms with van der Waals surface area (Å²) < 4.78 is 34.0. The number of hydrogen-bond donors (Lipinski definition) is 0. The summed E-state index contributed by atoms with van der Waals surface area (Å²) in [6, 6.07) is 9.02. The number of ether oxygens (including phenoxy) is 3. The van der Waals surface area contributed by atoms with Crippen molar-refractivity contribution >= 4 is 40.4 Å². The van der Waals surface area contributed by atoms with E-state index in [-0.39, 0.29) is 41.7 Å². The van der Waals surface area contributed by atoms with Crippen LogP contribution in [0.15, 0.2) is 30.3 Å². The molecule has 12 heteroatoms. The Kier molecular flexibility index (Phi) is 7.69. The molecule has 3 aromatic rings. The van der Waals surface area contributed by atoms with Gasteiger partial charge in [0.05, 0.1) is 28.7 Å². The molecule has 4 aliphatic rings. The fraction of sp³-hybridized carbons (Fsp3) is 0.543. The van der Waals surface area contributed by atoms with E-state index in [4.69, 9.17) is 30.8 Å². The van der Waals surface area contributed by atoms with Gasteiger partial charge in [0, 0.05) is 30.9 Å². The average molecular weight is 666 g/mol. The Morgan fingerprint density at radius 3 is 2.53 bits per heavy atom. The molecule has 2 aromatic heterocycles. The molecule has 0 N–H and O–H groups in total. The number of halogens is 2. The molecule has 0 saturated carbocycles. The van der Waals surface area contributed by atoms with Crippen molar-refractivity contribution in [3.63, 3.8) is 0 Å². The van der Waals surface area contributed by atoms with Gasteiger partial charge in [0.2, 0.25) is 5.88 Å². The molecule has 47 heavy (non-hydrogen) atoms. The van der Waals surface area contributed by atoms with Crippen molar-refractivity contribution in [1.29, 1.82) is 0 Å². The molecule has 6 heterocycles. The van der Waals surface area contributed by atoms with Crippen LogP contribution in [0.2, 0.25) is 5.15 Å². The highest BCUT2D eigenvalue weighted by Gasteiger charge is 2.60. The second-order valence-electron chi connectivity index (χ2n) is 14.3. The second kappa shape index (κ2) is 11.4. The first kappa shape index (κ1) is 31.7. The Balaban J connectivity index is 1.26.